The van der Waals surface area contributed by atoms with Gasteiger partial charge in [-0.05, 0) is 37.4 Å². The number of rotatable bonds is 4. The number of halogens is 1. The molecule has 1 saturated carbocycles. The summed E-state index contributed by atoms with van der Waals surface area (Å²) in [5.41, 5.74) is 1.41. The molecular weight excluding hydrogens is 262 g/mol. The zero-order chi connectivity index (χ0) is 11.2. The lowest BCUT2D eigenvalue weighted by molar-refractivity contribution is 0.375. The number of hydrogen-bond donors (Lipinski definition) is 1. The van der Waals surface area contributed by atoms with E-state index in [-0.39, 0.29) is 0 Å². The van der Waals surface area contributed by atoms with E-state index in [4.69, 9.17) is 0 Å². The molecule has 0 aromatic heterocycles. The van der Waals surface area contributed by atoms with Crippen molar-refractivity contribution in [1.29, 1.82) is 0 Å². The third-order valence-electron chi connectivity index (χ3n) is 3.39. The monoisotopic (exact) mass is 281 g/mol. The van der Waals surface area contributed by atoms with Crippen molar-refractivity contribution in [1.82, 2.24) is 5.32 Å². The molecule has 2 heteroatoms. The lowest BCUT2D eigenvalue weighted by atomic mass is 9.95. The fourth-order valence-electron chi connectivity index (χ4n) is 2.42. The topological polar surface area (TPSA) is 12.0 Å². The third-order valence-corrected chi connectivity index (χ3v) is 4.16. The second-order valence-electron chi connectivity index (χ2n) is 4.63. The largest absolute Gasteiger partial charge is 0.314 e. The first-order chi connectivity index (χ1) is 7.86. The van der Waals surface area contributed by atoms with Gasteiger partial charge in [-0.1, -0.05) is 53.4 Å². The molecule has 88 valence electrons. The van der Waals surface area contributed by atoms with Gasteiger partial charge in [0.05, 0.1) is 0 Å². The van der Waals surface area contributed by atoms with Crippen LogP contribution in [0.25, 0.3) is 0 Å². The fraction of sp³-hybridized carbons (Fsp3) is 0.571. The Morgan fingerprint density at radius 3 is 2.62 bits per heavy atom. The van der Waals surface area contributed by atoms with Gasteiger partial charge >= 0.3 is 0 Å². The molecule has 1 aromatic rings. The van der Waals surface area contributed by atoms with Crippen LogP contribution >= 0.6 is 15.9 Å². The van der Waals surface area contributed by atoms with Crippen LogP contribution in [-0.2, 0) is 6.42 Å². The Balaban J connectivity index is 1.73. The highest BCUT2D eigenvalue weighted by Gasteiger charge is 2.11. The summed E-state index contributed by atoms with van der Waals surface area (Å²) >= 11 is 3.59. The highest BCUT2D eigenvalue weighted by Crippen LogP contribution is 2.18. The fourth-order valence-corrected chi connectivity index (χ4v) is 2.90. The minimum absolute atomic E-state index is 0.774. The predicted octanol–water partition coefficient (Wildman–Crippen LogP) is 3.91. The summed E-state index contributed by atoms with van der Waals surface area (Å²) in [6.45, 7) is 1.10. The second kappa shape index (κ2) is 6.41. The van der Waals surface area contributed by atoms with E-state index in [1.807, 2.05) is 0 Å². The van der Waals surface area contributed by atoms with E-state index in [0.29, 0.717) is 0 Å². The summed E-state index contributed by atoms with van der Waals surface area (Å²) in [7, 11) is 0. The highest BCUT2D eigenvalue weighted by molar-refractivity contribution is 9.10. The van der Waals surface area contributed by atoms with E-state index in [2.05, 4.69) is 45.5 Å². The van der Waals surface area contributed by atoms with Crippen LogP contribution in [0.1, 0.15) is 37.7 Å². The SMILES string of the molecule is Brc1ccccc1CCNC1CCCCC1. The second-order valence-corrected chi connectivity index (χ2v) is 5.48. The first-order valence-electron chi connectivity index (χ1n) is 6.33. The molecule has 0 bridgehead atoms. The molecule has 0 radical (unpaired) electrons. The van der Waals surface area contributed by atoms with Crippen molar-refractivity contribution in [2.45, 2.75) is 44.6 Å². The molecule has 1 fully saturated rings. The lowest BCUT2D eigenvalue weighted by Gasteiger charge is -2.22. The van der Waals surface area contributed by atoms with Crippen LogP contribution < -0.4 is 5.32 Å². The van der Waals surface area contributed by atoms with Crippen LogP contribution in [0, 0.1) is 0 Å². The molecule has 16 heavy (non-hydrogen) atoms. The molecule has 0 aliphatic heterocycles. The maximum absolute atomic E-state index is 3.68. The summed E-state index contributed by atoms with van der Waals surface area (Å²) in [5.74, 6) is 0. The van der Waals surface area contributed by atoms with E-state index < -0.39 is 0 Å². The number of hydrogen-bond acceptors (Lipinski definition) is 1. The Morgan fingerprint density at radius 1 is 1.12 bits per heavy atom. The van der Waals surface area contributed by atoms with Crippen molar-refractivity contribution in [2.75, 3.05) is 6.54 Å². The van der Waals surface area contributed by atoms with Crippen molar-refractivity contribution < 1.29 is 0 Å². The average molecular weight is 282 g/mol. The van der Waals surface area contributed by atoms with Gasteiger partial charge in [0.25, 0.3) is 0 Å². The maximum Gasteiger partial charge on any atom is 0.0207 e. The van der Waals surface area contributed by atoms with Crippen LogP contribution in [-0.4, -0.2) is 12.6 Å². The van der Waals surface area contributed by atoms with Crippen molar-refractivity contribution in [3.8, 4) is 0 Å². The quantitative estimate of drug-likeness (QED) is 0.882. The van der Waals surface area contributed by atoms with Gasteiger partial charge in [-0.2, -0.15) is 0 Å². The molecule has 1 aliphatic rings. The van der Waals surface area contributed by atoms with Gasteiger partial charge in [-0.15, -0.1) is 0 Å². The zero-order valence-corrected chi connectivity index (χ0v) is 11.3. The first kappa shape index (κ1) is 12.1. The zero-order valence-electron chi connectivity index (χ0n) is 9.71. The van der Waals surface area contributed by atoms with E-state index in [9.17, 15) is 0 Å². The Labute approximate surface area is 107 Å². The predicted molar refractivity (Wildman–Crippen MR) is 72.7 cm³/mol. The van der Waals surface area contributed by atoms with Crippen molar-refractivity contribution in [2.24, 2.45) is 0 Å². The van der Waals surface area contributed by atoms with E-state index in [1.54, 1.807) is 0 Å². The summed E-state index contributed by atoms with van der Waals surface area (Å²) in [5, 5.41) is 3.68. The molecule has 0 saturated heterocycles. The molecule has 0 heterocycles. The normalized spacial score (nSPS) is 17.6. The van der Waals surface area contributed by atoms with Gasteiger partial charge in [0.15, 0.2) is 0 Å². The van der Waals surface area contributed by atoms with Gasteiger partial charge in [0.1, 0.15) is 0 Å². The molecule has 0 unspecified atom stereocenters. The smallest absolute Gasteiger partial charge is 0.0207 e. The van der Waals surface area contributed by atoms with Crippen molar-refractivity contribution in [3.63, 3.8) is 0 Å². The van der Waals surface area contributed by atoms with Gasteiger partial charge in [-0.3, -0.25) is 0 Å². The summed E-state index contributed by atoms with van der Waals surface area (Å²) in [4.78, 5) is 0. The van der Waals surface area contributed by atoms with Crippen LogP contribution in [0.3, 0.4) is 0 Å². The number of nitrogens with one attached hydrogen (secondary N) is 1. The molecule has 1 nitrogen and oxygen atoms in total. The summed E-state index contributed by atoms with van der Waals surface area (Å²) in [6.07, 6.45) is 8.12. The lowest BCUT2D eigenvalue weighted by Crippen LogP contribution is -2.32. The summed E-state index contributed by atoms with van der Waals surface area (Å²) in [6, 6.07) is 9.28. The molecule has 1 aliphatic carbocycles. The van der Waals surface area contributed by atoms with Crippen molar-refractivity contribution >= 4 is 15.9 Å². The van der Waals surface area contributed by atoms with E-state index in [1.165, 1.54) is 42.1 Å². The molecule has 0 atom stereocenters. The molecule has 1 aromatic carbocycles. The van der Waals surface area contributed by atoms with Crippen molar-refractivity contribution in [3.05, 3.63) is 34.3 Å². The Kier molecular flexibility index (Phi) is 4.86. The molecule has 1 N–H and O–H groups in total. The van der Waals surface area contributed by atoms with E-state index >= 15 is 0 Å². The first-order valence-corrected chi connectivity index (χ1v) is 7.12. The standard InChI is InChI=1S/C14H20BrN/c15-14-9-5-4-6-12(14)10-11-16-13-7-2-1-3-8-13/h4-6,9,13,16H,1-3,7-8,10-11H2. The average Bonchev–Trinajstić information content (AvgIpc) is 2.33. The molecule has 0 amide bonds. The van der Waals surface area contributed by atoms with Crippen LogP contribution in [0.4, 0.5) is 0 Å². The van der Waals surface area contributed by atoms with Crippen LogP contribution in [0.5, 0.6) is 0 Å². The highest BCUT2D eigenvalue weighted by atomic mass is 79.9. The van der Waals surface area contributed by atoms with Crippen LogP contribution in [0.2, 0.25) is 0 Å². The molecular formula is C14H20BrN. The van der Waals surface area contributed by atoms with E-state index in [0.717, 1.165) is 19.0 Å². The minimum Gasteiger partial charge on any atom is -0.314 e. The van der Waals surface area contributed by atoms with Crippen LogP contribution in [0.15, 0.2) is 28.7 Å². The molecule has 2 rings (SSSR count). The molecule has 0 spiro atoms. The van der Waals surface area contributed by atoms with Gasteiger partial charge in [0.2, 0.25) is 0 Å². The maximum atomic E-state index is 3.68. The minimum atomic E-state index is 0.774. The number of benzene rings is 1. The van der Waals surface area contributed by atoms with Gasteiger partial charge in [0, 0.05) is 10.5 Å². The van der Waals surface area contributed by atoms with Gasteiger partial charge < -0.3 is 5.32 Å². The Morgan fingerprint density at radius 2 is 1.88 bits per heavy atom. The summed E-state index contributed by atoms with van der Waals surface area (Å²) < 4.78 is 1.24. The van der Waals surface area contributed by atoms with Gasteiger partial charge in [-0.25, -0.2) is 0 Å². The Hall–Kier alpha value is -0.340. The Bertz CT molecular complexity index is 318. The third kappa shape index (κ3) is 3.60.